The Morgan fingerprint density at radius 2 is 1.15 bits per heavy atom. The summed E-state index contributed by atoms with van der Waals surface area (Å²) in [6.45, 7) is 7.89. The van der Waals surface area contributed by atoms with Gasteiger partial charge in [0.25, 0.3) is 5.91 Å². The Labute approximate surface area is 162 Å². The van der Waals surface area contributed by atoms with Crippen LogP contribution in [0.4, 0.5) is 0 Å². The van der Waals surface area contributed by atoms with E-state index in [1.54, 1.807) is 0 Å². The zero-order chi connectivity index (χ0) is 19.0. The van der Waals surface area contributed by atoms with E-state index in [1.807, 2.05) is 30.9 Å². The Bertz CT molecular complexity index is 462. The largest absolute Gasteiger partial charge is 0.339 e. The fourth-order valence-corrected chi connectivity index (χ4v) is 3.50. The molecule has 0 unspecified atom stereocenters. The Hall–Kier alpha value is -1.31. The molecule has 0 fully saturated rings. The van der Waals surface area contributed by atoms with Crippen LogP contribution in [-0.2, 0) is 6.42 Å². The van der Waals surface area contributed by atoms with Gasteiger partial charge in [0.15, 0.2) is 0 Å². The standard InChI is InChI=1S/C24H41NO/c1-4-7-8-9-10-11-12-13-14-15-16-17-22-18-20-23(21-19-22)24(26)25(5-2)6-3/h18-21H,4-17H2,1-3H3. The highest BCUT2D eigenvalue weighted by atomic mass is 16.2. The van der Waals surface area contributed by atoms with Gasteiger partial charge in [0.1, 0.15) is 0 Å². The molecular weight excluding hydrogens is 318 g/mol. The fourth-order valence-electron chi connectivity index (χ4n) is 3.50. The Morgan fingerprint density at radius 3 is 1.62 bits per heavy atom. The van der Waals surface area contributed by atoms with E-state index in [4.69, 9.17) is 0 Å². The van der Waals surface area contributed by atoms with E-state index < -0.39 is 0 Å². The van der Waals surface area contributed by atoms with Crippen LogP contribution in [0.5, 0.6) is 0 Å². The number of hydrogen-bond donors (Lipinski definition) is 0. The number of amides is 1. The maximum Gasteiger partial charge on any atom is 0.253 e. The van der Waals surface area contributed by atoms with Crippen molar-refractivity contribution in [2.75, 3.05) is 13.1 Å². The van der Waals surface area contributed by atoms with Gasteiger partial charge >= 0.3 is 0 Å². The van der Waals surface area contributed by atoms with Gasteiger partial charge in [0.2, 0.25) is 0 Å². The number of unbranched alkanes of at least 4 members (excludes halogenated alkanes) is 10. The highest BCUT2D eigenvalue weighted by Crippen LogP contribution is 2.14. The van der Waals surface area contributed by atoms with Crippen LogP contribution in [-0.4, -0.2) is 23.9 Å². The van der Waals surface area contributed by atoms with Crippen LogP contribution in [0, 0.1) is 0 Å². The van der Waals surface area contributed by atoms with Crippen LogP contribution in [0.15, 0.2) is 24.3 Å². The molecule has 1 amide bonds. The van der Waals surface area contributed by atoms with Gasteiger partial charge in [-0.3, -0.25) is 4.79 Å². The van der Waals surface area contributed by atoms with Crippen molar-refractivity contribution in [2.45, 2.75) is 97.8 Å². The molecule has 0 atom stereocenters. The highest BCUT2D eigenvalue weighted by molar-refractivity contribution is 5.94. The van der Waals surface area contributed by atoms with Crippen molar-refractivity contribution in [1.82, 2.24) is 4.90 Å². The lowest BCUT2D eigenvalue weighted by atomic mass is 10.0. The quantitative estimate of drug-likeness (QED) is 0.308. The number of benzene rings is 1. The molecular formula is C24H41NO. The summed E-state index contributed by atoms with van der Waals surface area (Å²) in [6, 6.07) is 8.25. The number of aryl methyl sites for hydroxylation is 1. The molecule has 0 radical (unpaired) electrons. The molecule has 1 aromatic carbocycles. The van der Waals surface area contributed by atoms with Crippen LogP contribution in [0.3, 0.4) is 0 Å². The Balaban J connectivity index is 2.10. The summed E-state index contributed by atoms with van der Waals surface area (Å²) in [5, 5.41) is 0. The minimum absolute atomic E-state index is 0.149. The number of carbonyl (C=O) groups excluding carboxylic acids is 1. The summed E-state index contributed by atoms with van der Waals surface area (Å²) in [5.41, 5.74) is 2.17. The van der Waals surface area contributed by atoms with Crippen molar-refractivity contribution in [2.24, 2.45) is 0 Å². The zero-order valence-corrected chi connectivity index (χ0v) is 17.6. The predicted octanol–water partition coefficient (Wildman–Crippen LogP) is 7.02. The van der Waals surface area contributed by atoms with Gasteiger partial charge in [0.05, 0.1) is 0 Å². The van der Waals surface area contributed by atoms with Crippen molar-refractivity contribution in [3.63, 3.8) is 0 Å². The third-order valence-corrected chi connectivity index (χ3v) is 5.32. The summed E-state index contributed by atoms with van der Waals surface area (Å²) in [5.74, 6) is 0.149. The lowest BCUT2D eigenvalue weighted by Gasteiger charge is -2.18. The van der Waals surface area contributed by atoms with E-state index in [-0.39, 0.29) is 5.91 Å². The second kappa shape index (κ2) is 14.8. The smallest absolute Gasteiger partial charge is 0.253 e. The average Bonchev–Trinajstić information content (AvgIpc) is 2.67. The van der Waals surface area contributed by atoms with E-state index in [0.29, 0.717) is 0 Å². The summed E-state index contributed by atoms with van der Waals surface area (Å²) in [4.78, 5) is 14.2. The Kier molecular flexibility index (Phi) is 13.0. The summed E-state index contributed by atoms with van der Waals surface area (Å²) >= 11 is 0. The zero-order valence-electron chi connectivity index (χ0n) is 17.6. The first-order valence-electron chi connectivity index (χ1n) is 11.1. The van der Waals surface area contributed by atoms with Gasteiger partial charge in [-0.25, -0.2) is 0 Å². The first-order chi connectivity index (χ1) is 12.7. The van der Waals surface area contributed by atoms with Gasteiger partial charge in [-0.1, -0.05) is 83.3 Å². The molecule has 0 heterocycles. The molecule has 148 valence electrons. The fraction of sp³-hybridized carbons (Fsp3) is 0.708. The van der Waals surface area contributed by atoms with E-state index >= 15 is 0 Å². The molecule has 2 heteroatoms. The van der Waals surface area contributed by atoms with Gasteiger partial charge in [-0.2, -0.15) is 0 Å². The number of rotatable bonds is 15. The lowest BCUT2D eigenvalue weighted by molar-refractivity contribution is 0.0773. The van der Waals surface area contributed by atoms with Crippen molar-refractivity contribution < 1.29 is 4.79 Å². The third kappa shape index (κ3) is 9.40. The van der Waals surface area contributed by atoms with Gasteiger partial charge in [-0.15, -0.1) is 0 Å². The van der Waals surface area contributed by atoms with Crippen molar-refractivity contribution in [1.29, 1.82) is 0 Å². The SMILES string of the molecule is CCCCCCCCCCCCCc1ccc(C(=O)N(CC)CC)cc1. The van der Waals surface area contributed by atoms with Crippen LogP contribution in [0.25, 0.3) is 0 Å². The maximum atomic E-state index is 12.3. The van der Waals surface area contributed by atoms with Crippen molar-refractivity contribution in [3.05, 3.63) is 35.4 Å². The molecule has 0 saturated carbocycles. The second-order valence-corrected chi connectivity index (χ2v) is 7.46. The molecule has 26 heavy (non-hydrogen) atoms. The van der Waals surface area contributed by atoms with Gasteiger partial charge < -0.3 is 4.90 Å². The second-order valence-electron chi connectivity index (χ2n) is 7.46. The molecule has 2 nitrogen and oxygen atoms in total. The number of carbonyl (C=O) groups is 1. The van der Waals surface area contributed by atoms with E-state index in [1.165, 1.54) is 76.2 Å². The third-order valence-electron chi connectivity index (χ3n) is 5.32. The minimum atomic E-state index is 0.149. The van der Waals surface area contributed by atoms with Gasteiger partial charge in [0, 0.05) is 18.7 Å². The van der Waals surface area contributed by atoms with Gasteiger partial charge in [-0.05, 0) is 44.4 Å². The lowest BCUT2D eigenvalue weighted by Crippen LogP contribution is -2.30. The topological polar surface area (TPSA) is 20.3 Å². The monoisotopic (exact) mass is 359 g/mol. The van der Waals surface area contributed by atoms with Crippen molar-refractivity contribution >= 4 is 5.91 Å². The molecule has 0 N–H and O–H groups in total. The summed E-state index contributed by atoms with van der Waals surface area (Å²) < 4.78 is 0. The minimum Gasteiger partial charge on any atom is -0.339 e. The molecule has 0 aliphatic carbocycles. The highest BCUT2D eigenvalue weighted by Gasteiger charge is 2.11. The van der Waals surface area contributed by atoms with E-state index in [2.05, 4.69) is 19.1 Å². The van der Waals surface area contributed by atoms with Crippen LogP contribution in [0.2, 0.25) is 0 Å². The average molecular weight is 360 g/mol. The molecule has 1 aromatic rings. The molecule has 0 aliphatic heterocycles. The summed E-state index contributed by atoms with van der Waals surface area (Å²) in [6.07, 6.45) is 16.4. The molecule has 0 saturated heterocycles. The van der Waals surface area contributed by atoms with Crippen LogP contribution >= 0.6 is 0 Å². The maximum absolute atomic E-state index is 12.3. The summed E-state index contributed by atoms with van der Waals surface area (Å²) in [7, 11) is 0. The van der Waals surface area contributed by atoms with E-state index in [0.717, 1.165) is 25.1 Å². The molecule has 1 rings (SSSR count). The van der Waals surface area contributed by atoms with E-state index in [9.17, 15) is 4.79 Å². The first kappa shape index (κ1) is 22.7. The first-order valence-corrected chi connectivity index (χ1v) is 11.1. The predicted molar refractivity (Wildman–Crippen MR) is 114 cm³/mol. The molecule has 0 spiro atoms. The van der Waals surface area contributed by atoms with Crippen LogP contribution in [0.1, 0.15) is 107 Å². The van der Waals surface area contributed by atoms with Crippen LogP contribution < -0.4 is 0 Å². The van der Waals surface area contributed by atoms with Crippen molar-refractivity contribution in [3.8, 4) is 0 Å². The normalized spacial score (nSPS) is 10.9. The molecule has 0 aliphatic rings. The molecule has 0 aromatic heterocycles. The molecule has 0 bridgehead atoms. The Morgan fingerprint density at radius 1 is 0.692 bits per heavy atom. The number of nitrogens with zero attached hydrogens (tertiary/aromatic N) is 1. The number of hydrogen-bond acceptors (Lipinski definition) is 1.